The van der Waals surface area contributed by atoms with Gasteiger partial charge in [-0.2, -0.15) is 0 Å². The number of para-hydroxylation sites is 1. The summed E-state index contributed by atoms with van der Waals surface area (Å²) in [6.07, 6.45) is 1.62. The van der Waals surface area contributed by atoms with Crippen LogP contribution in [0.15, 0.2) is 29.3 Å². The summed E-state index contributed by atoms with van der Waals surface area (Å²) in [6.45, 7) is 0.201. The van der Waals surface area contributed by atoms with Gasteiger partial charge in [0.15, 0.2) is 0 Å². The van der Waals surface area contributed by atoms with Crippen molar-refractivity contribution in [3.8, 4) is 0 Å². The van der Waals surface area contributed by atoms with Crippen molar-refractivity contribution >= 4 is 11.4 Å². The molecule has 0 radical (unpaired) electrons. The molecule has 1 aromatic carbocycles. The van der Waals surface area contributed by atoms with Gasteiger partial charge in [-0.15, -0.1) is 0 Å². The van der Waals surface area contributed by atoms with Crippen molar-refractivity contribution in [2.75, 3.05) is 6.61 Å². The van der Waals surface area contributed by atoms with Crippen LogP contribution in [0, 0.1) is 0 Å². The molecule has 0 amide bonds. The van der Waals surface area contributed by atoms with Gasteiger partial charge in [0.1, 0.15) is 0 Å². The van der Waals surface area contributed by atoms with Gasteiger partial charge in [-0.25, -0.2) is 0 Å². The number of fused-ring (bicyclic) bond motifs is 1. The average molecular weight is 161 g/mol. The molecule has 2 heteroatoms. The van der Waals surface area contributed by atoms with Crippen molar-refractivity contribution in [3.63, 3.8) is 0 Å². The Kier molecular flexibility index (Phi) is 1.92. The molecule has 1 aliphatic rings. The maximum atomic E-state index is 8.72. The minimum atomic E-state index is 0.201. The van der Waals surface area contributed by atoms with E-state index in [0.717, 1.165) is 17.8 Å². The Morgan fingerprint density at radius 2 is 2.17 bits per heavy atom. The molecule has 0 spiro atoms. The summed E-state index contributed by atoms with van der Waals surface area (Å²) in [5.74, 6) is 0. The average Bonchev–Trinajstić information content (AvgIpc) is 2.47. The molecule has 1 heterocycles. The van der Waals surface area contributed by atoms with Gasteiger partial charge < -0.3 is 5.11 Å². The third-order valence-corrected chi connectivity index (χ3v) is 2.07. The molecule has 2 rings (SSSR count). The van der Waals surface area contributed by atoms with Crippen LogP contribution in [-0.2, 0) is 6.42 Å². The molecule has 0 saturated carbocycles. The third-order valence-electron chi connectivity index (χ3n) is 2.07. The van der Waals surface area contributed by atoms with Gasteiger partial charge in [-0.3, -0.25) is 4.99 Å². The predicted octanol–water partition coefficient (Wildman–Crippen LogP) is 1.70. The fourth-order valence-corrected chi connectivity index (χ4v) is 1.47. The van der Waals surface area contributed by atoms with Crippen molar-refractivity contribution in [3.05, 3.63) is 29.8 Å². The number of aliphatic hydroxyl groups is 1. The van der Waals surface area contributed by atoms with Gasteiger partial charge in [0.05, 0.1) is 5.69 Å². The zero-order chi connectivity index (χ0) is 8.39. The lowest BCUT2D eigenvalue weighted by atomic mass is 10.1. The molecule has 0 saturated heterocycles. The van der Waals surface area contributed by atoms with Crippen molar-refractivity contribution in [1.29, 1.82) is 0 Å². The number of nitrogens with zero attached hydrogens (tertiary/aromatic N) is 1. The molecule has 1 N–H and O–H groups in total. The highest BCUT2D eigenvalue weighted by Crippen LogP contribution is 2.26. The van der Waals surface area contributed by atoms with Crippen LogP contribution < -0.4 is 0 Å². The zero-order valence-electron chi connectivity index (χ0n) is 6.83. The van der Waals surface area contributed by atoms with Gasteiger partial charge in [0, 0.05) is 25.2 Å². The second kappa shape index (κ2) is 3.07. The quantitative estimate of drug-likeness (QED) is 0.703. The van der Waals surface area contributed by atoms with E-state index < -0.39 is 0 Å². The van der Waals surface area contributed by atoms with E-state index in [0.29, 0.717) is 6.42 Å². The molecule has 12 heavy (non-hydrogen) atoms. The molecule has 62 valence electrons. The zero-order valence-corrected chi connectivity index (χ0v) is 6.83. The highest BCUT2D eigenvalue weighted by atomic mass is 16.3. The molecule has 0 aromatic heterocycles. The number of aliphatic hydroxyl groups excluding tert-OH is 1. The first-order valence-electron chi connectivity index (χ1n) is 4.15. The van der Waals surface area contributed by atoms with Crippen LogP contribution in [0.1, 0.15) is 12.0 Å². The maximum Gasteiger partial charge on any atom is 0.0664 e. The molecule has 0 atom stereocenters. The lowest BCUT2D eigenvalue weighted by Crippen LogP contribution is -2.00. The Bertz CT molecular complexity index is 317. The summed E-state index contributed by atoms with van der Waals surface area (Å²) in [5, 5.41) is 8.72. The Hall–Kier alpha value is -1.15. The Balaban J connectivity index is 2.23. The fourth-order valence-electron chi connectivity index (χ4n) is 1.47. The van der Waals surface area contributed by atoms with Crippen LogP contribution in [0.2, 0.25) is 0 Å². The largest absolute Gasteiger partial charge is 0.396 e. The molecule has 2 nitrogen and oxygen atoms in total. The topological polar surface area (TPSA) is 32.6 Å². The summed E-state index contributed by atoms with van der Waals surface area (Å²) in [5.41, 5.74) is 3.44. The number of hydrogen-bond donors (Lipinski definition) is 1. The highest BCUT2D eigenvalue weighted by molar-refractivity contribution is 5.93. The van der Waals surface area contributed by atoms with Crippen LogP contribution in [0.25, 0.3) is 0 Å². The smallest absolute Gasteiger partial charge is 0.0664 e. The van der Waals surface area contributed by atoms with E-state index in [1.54, 1.807) is 0 Å². The number of hydrogen-bond acceptors (Lipinski definition) is 2. The first-order chi connectivity index (χ1) is 5.90. The summed E-state index contributed by atoms with van der Waals surface area (Å²) in [4.78, 5) is 4.40. The van der Waals surface area contributed by atoms with Gasteiger partial charge in [0.2, 0.25) is 0 Å². The second-order valence-electron chi connectivity index (χ2n) is 2.96. The fraction of sp³-hybridized carbons (Fsp3) is 0.300. The summed E-state index contributed by atoms with van der Waals surface area (Å²) >= 11 is 0. The number of aliphatic imine (C=N–C) groups is 1. The lowest BCUT2D eigenvalue weighted by Gasteiger charge is -1.93. The first-order valence-corrected chi connectivity index (χ1v) is 4.15. The Morgan fingerprint density at radius 1 is 1.33 bits per heavy atom. The predicted molar refractivity (Wildman–Crippen MR) is 48.9 cm³/mol. The monoisotopic (exact) mass is 161 g/mol. The molecule has 0 bridgehead atoms. The van der Waals surface area contributed by atoms with Crippen LogP contribution >= 0.6 is 0 Å². The normalized spacial score (nSPS) is 14.2. The van der Waals surface area contributed by atoms with Gasteiger partial charge >= 0.3 is 0 Å². The maximum absolute atomic E-state index is 8.72. The van der Waals surface area contributed by atoms with E-state index >= 15 is 0 Å². The van der Waals surface area contributed by atoms with Crippen LogP contribution in [0.4, 0.5) is 5.69 Å². The summed E-state index contributed by atoms with van der Waals surface area (Å²) in [7, 11) is 0. The van der Waals surface area contributed by atoms with Gasteiger partial charge in [0.25, 0.3) is 0 Å². The van der Waals surface area contributed by atoms with Crippen molar-refractivity contribution in [2.45, 2.75) is 12.8 Å². The first kappa shape index (κ1) is 7.50. The molecule has 0 aliphatic carbocycles. The highest BCUT2D eigenvalue weighted by Gasteiger charge is 2.12. The van der Waals surface area contributed by atoms with E-state index in [4.69, 9.17) is 5.11 Å². The van der Waals surface area contributed by atoms with E-state index in [1.165, 1.54) is 5.56 Å². The molecular formula is C10H11NO. The van der Waals surface area contributed by atoms with E-state index in [9.17, 15) is 0 Å². The Labute approximate surface area is 71.6 Å². The van der Waals surface area contributed by atoms with Crippen molar-refractivity contribution in [2.24, 2.45) is 4.99 Å². The van der Waals surface area contributed by atoms with Crippen molar-refractivity contribution in [1.82, 2.24) is 0 Å². The van der Waals surface area contributed by atoms with Crippen LogP contribution in [0.3, 0.4) is 0 Å². The third kappa shape index (κ3) is 1.25. The van der Waals surface area contributed by atoms with Crippen molar-refractivity contribution < 1.29 is 5.11 Å². The lowest BCUT2D eigenvalue weighted by molar-refractivity contribution is 0.307. The van der Waals surface area contributed by atoms with E-state index in [2.05, 4.69) is 11.1 Å². The Morgan fingerprint density at radius 3 is 2.92 bits per heavy atom. The van der Waals surface area contributed by atoms with E-state index in [1.807, 2.05) is 18.2 Å². The molecule has 1 aromatic rings. The van der Waals surface area contributed by atoms with Crippen LogP contribution in [0.5, 0.6) is 0 Å². The minimum Gasteiger partial charge on any atom is -0.396 e. The minimum absolute atomic E-state index is 0.201. The van der Waals surface area contributed by atoms with Gasteiger partial charge in [-0.05, 0) is 11.6 Å². The number of benzene rings is 1. The summed E-state index contributed by atoms with van der Waals surface area (Å²) < 4.78 is 0. The molecule has 0 fully saturated rings. The molecule has 1 aliphatic heterocycles. The van der Waals surface area contributed by atoms with Gasteiger partial charge in [-0.1, -0.05) is 18.2 Å². The number of rotatable bonds is 2. The standard InChI is InChI=1S/C10H11NO/c12-6-5-9-7-8-3-1-2-4-10(8)11-9/h1-4,12H,5-7H2. The molecule has 0 unspecified atom stereocenters. The molecular weight excluding hydrogens is 150 g/mol. The summed E-state index contributed by atoms with van der Waals surface area (Å²) in [6, 6.07) is 8.11. The SMILES string of the molecule is OCCC1=Nc2ccccc2C1. The second-order valence-corrected chi connectivity index (χ2v) is 2.96. The van der Waals surface area contributed by atoms with E-state index in [-0.39, 0.29) is 6.61 Å². The van der Waals surface area contributed by atoms with Crippen LogP contribution in [-0.4, -0.2) is 17.4 Å².